The van der Waals surface area contributed by atoms with Crippen LogP contribution in [0, 0.1) is 26.0 Å². The average Bonchev–Trinajstić information content (AvgIpc) is 3.16. The van der Waals surface area contributed by atoms with Crippen LogP contribution in [0.4, 0.5) is 21.5 Å². The van der Waals surface area contributed by atoms with Crippen LogP contribution in [0.5, 0.6) is 28.7 Å². The minimum Gasteiger partial charge on any atom is -1.00 e. The topological polar surface area (TPSA) is 238 Å². The fourth-order valence-electron chi connectivity index (χ4n) is 3.33. The number of carbonyl (C=O) groups is 1. The van der Waals surface area contributed by atoms with Gasteiger partial charge in [0, 0.05) is 43.5 Å². The number of nitro benzene ring substituents is 2. The normalized spacial score (nSPS) is 9.19. The van der Waals surface area contributed by atoms with Crippen LogP contribution in [0.2, 0.25) is 0 Å². The Hall–Kier alpha value is -1.44. The Labute approximate surface area is 460 Å². The zero-order valence-corrected chi connectivity index (χ0v) is 48.6. The summed E-state index contributed by atoms with van der Waals surface area (Å²) in [6.45, 7) is 7.61. The van der Waals surface area contributed by atoms with E-state index in [-0.39, 0.29) is 169 Å². The van der Waals surface area contributed by atoms with E-state index in [4.69, 9.17) is 39.8 Å². The number of nitrogen functional groups attached to an aromatic ring is 1. The second-order valence-corrected chi connectivity index (χ2v) is 11.1. The first-order valence-corrected chi connectivity index (χ1v) is 16.8. The molecule has 0 radical (unpaired) electrons. The van der Waals surface area contributed by atoms with Gasteiger partial charge in [-0.05, 0) is 66.6 Å². The Bertz CT molecular complexity index is 1520. The van der Waals surface area contributed by atoms with E-state index < -0.39 is 15.7 Å². The second kappa shape index (κ2) is 42.3. The SMILES string of the molecule is CC.CN(C)CCO.COc1cc(N)ccc1OCCN(C)C.COc1cc([N+](=O)[O-])ccc1F.COc1cc([N+](=O)[O-])ccc1OCCN(C)C.O=CO[O-].[Cs+].[Cs+].[H-]. The third-order valence-electron chi connectivity index (χ3n) is 6.07. The number of aliphatic hydroxyl groups excluding tert-OH is 1. The van der Waals surface area contributed by atoms with Gasteiger partial charge in [-0.1, -0.05) is 13.8 Å². The van der Waals surface area contributed by atoms with E-state index in [9.17, 15) is 24.6 Å². The number of aliphatic hydroxyl groups is 1. The third kappa shape index (κ3) is 34.3. The molecular weight excluding hydrogens is 1010 g/mol. The van der Waals surface area contributed by atoms with E-state index in [1.54, 1.807) is 25.3 Å². The number of rotatable bonds is 16. The van der Waals surface area contributed by atoms with Gasteiger partial charge in [-0.25, -0.2) is 4.39 Å². The van der Waals surface area contributed by atoms with Crippen LogP contribution in [-0.2, 0) is 9.68 Å². The molecule has 3 N–H and O–H groups in total. The number of nitrogens with two attached hydrogens (primary N) is 1. The minimum absolute atomic E-state index is 0. The van der Waals surface area contributed by atoms with Crippen molar-refractivity contribution in [1.82, 2.24) is 14.7 Å². The number of likely N-dealkylation sites (N-methyl/N-ethyl adjacent to an activating group) is 3. The third-order valence-corrected chi connectivity index (χ3v) is 6.07. The van der Waals surface area contributed by atoms with E-state index in [0.29, 0.717) is 36.1 Å². The summed E-state index contributed by atoms with van der Waals surface area (Å²) < 4.78 is 38.5. The van der Waals surface area contributed by atoms with E-state index in [1.807, 2.05) is 72.0 Å². The van der Waals surface area contributed by atoms with Gasteiger partial charge in [-0.2, -0.15) is 0 Å². The van der Waals surface area contributed by atoms with Crippen LogP contribution < -0.4 is 172 Å². The molecule has 0 bridgehead atoms. The molecule has 0 aromatic heterocycles. The predicted octanol–water partition coefficient (Wildman–Crippen LogP) is -2.37. The van der Waals surface area contributed by atoms with Gasteiger partial charge < -0.3 is 60.8 Å². The van der Waals surface area contributed by atoms with Crippen molar-refractivity contribution in [2.45, 2.75) is 13.8 Å². The molecule has 0 aliphatic rings. The number of methoxy groups -OCH3 is 3. The van der Waals surface area contributed by atoms with Crippen molar-refractivity contribution in [2.75, 3.05) is 109 Å². The summed E-state index contributed by atoms with van der Waals surface area (Å²) in [4.78, 5) is 36.9. The fourth-order valence-corrected chi connectivity index (χ4v) is 3.33. The van der Waals surface area contributed by atoms with Crippen LogP contribution in [0.25, 0.3) is 0 Å². The van der Waals surface area contributed by atoms with Gasteiger partial charge in [0.05, 0.1) is 49.9 Å². The van der Waals surface area contributed by atoms with E-state index in [1.165, 1.54) is 26.4 Å². The predicted molar refractivity (Wildman–Crippen MR) is 210 cm³/mol. The van der Waals surface area contributed by atoms with Gasteiger partial charge >= 0.3 is 138 Å². The molecule has 22 heteroatoms. The number of non-ortho nitro benzene ring substituents is 2. The molecule has 0 heterocycles. The molecule has 0 amide bonds. The van der Waals surface area contributed by atoms with Gasteiger partial charge in [-0.3, -0.25) is 25.0 Å². The summed E-state index contributed by atoms with van der Waals surface area (Å²) in [5, 5.41) is 37.4. The van der Waals surface area contributed by atoms with Gasteiger partial charge in [0.1, 0.15) is 13.2 Å². The van der Waals surface area contributed by atoms with Gasteiger partial charge in [0.15, 0.2) is 34.6 Å². The zero-order chi connectivity index (χ0) is 43.6. The van der Waals surface area contributed by atoms with Crippen LogP contribution in [0.3, 0.4) is 0 Å². The Morgan fingerprint density at radius 1 is 0.690 bits per heavy atom. The number of nitrogens with zero attached hydrogens (tertiary/aromatic N) is 5. The number of benzene rings is 3. The largest absolute Gasteiger partial charge is 1.00 e. The Balaban J connectivity index is -0.000000155. The average molecular weight is 1070 g/mol. The molecule has 3 aromatic carbocycles. The molecular formula is C36H59Cs2FN6O13. The Morgan fingerprint density at radius 3 is 1.38 bits per heavy atom. The second-order valence-electron chi connectivity index (χ2n) is 11.1. The number of hydrogen-bond donors (Lipinski definition) is 2. The van der Waals surface area contributed by atoms with Crippen molar-refractivity contribution in [2.24, 2.45) is 0 Å². The van der Waals surface area contributed by atoms with Crippen LogP contribution >= 0.6 is 0 Å². The Morgan fingerprint density at radius 2 is 1.05 bits per heavy atom. The fraction of sp³-hybridized carbons (Fsp3) is 0.472. The summed E-state index contributed by atoms with van der Waals surface area (Å²) in [6, 6.07) is 12.8. The monoisotopic (exact) mass is 1070 g/mol. The van der Waals surface area contributed by atoms with E-state index in [2.05, 4.69) is 14.5 Å². The summed E-state index contributed by atoms with van der Waals surface area (Å²) in [5.41, 5.74) is 6.11. The maximum Gasteiger partial charge on any atom is 1.00 e. The molecule has 3 rings (SSSR count). The standard InChI is InChI=1S/C11H16N2O4.C11H18N2O2.C7H6FNO3.C4H11NO.C2H6.CH2O3.2Cs.H/c1-12(2)6-7-17-10-5-4-9(13(14)15)8-11(10)16-3;1-13(2)6-7-15-10-5-4-9(12)8-11(10)14-3;1-12-7-4-5(9(10)11)2-3-6(7)8;1-5(2)3-4-6;1-2;2-1-4-3;;;/h4-5,8H,6-7H2,1-3H3;4-5,8H,6-7,12H2,1-3H3;2-4H,1H3;6H,3-4H2,1-2H3;1-2H3;1,3H;;;/q;;;;;;2*+1;-1/p-1. The zero-order valence-electron chi connectivity index (χ0n) is 37.1. The molecule has 0 unspecified atom stereocenters. The Kier molecular flexibility index (Phi) is 47.9. The number of halogens is 1. The molecule has 0 aliphatic heterocycles. The van der Waals surface area contributed by atoms with Crippen molar-refractivity contribution in [3.05, 3.63) is 80.6 Å². The van der Waals surface area contributed by atoms with E-state index >= 15 is 0 Å². The quantitative estimate of drug-likeness (QED) is 0.0501. The van der Waals surface area contributed by atoms with Crippen LogP contribution in [0.15, 0.2) is 54.6 Å². The summed E-state index contributed by atoms with van der Waals surface area (Å²) in [5.74, 6) is 1.56. The molecule has 320 valence electrons. The van der Waals surface area contributed by atoms with Crippen molar-refractivity contribution < 1.29 is 197 Å². The van der Waals surface area contributed by atoms with Crippen LogP contribution in [0.1, 0.15) is 15.3 Å². The van der Waals surface area contributed by atoms with Crippen molar-refractivity contribution in [3.63, 3.8) is 0 Å². The molecule has 0 atom stereocenters. The van der Waals surface area contributed by atoms with Gasteiger partial charge in [-0.15, -0.1) is 0 Å². The van der Waals surface area contributed by atoms with Crippen molar-refractivity contribution in [1.29, 1.82) is 0 Å². The molecule has 0 spiro atoms. The molecule has 58 heavy (non-hydrogen) atoms. The summed E-state index contributed by atoms with van der Waals surface area (Å²) in [7, 11) is 16.1. The maximum atomic E-state index is 12.7. The molecule has 19 nitrogen and oxygen atoms in total. The van der Waals surface area contributed by atoms with Gasteiger partial charge in [0.2, 0.25) is 0 Å². The molecule has 0 saturated carbocycles. The minimum atomic E-state index is -0.609. The smallest absolute Gasteiger partial charge is 1.00 e. The first-order chi connectivity index (χ1) is 26.5. The maximum absolute atomic E-state index is 12.7. The summed E-state index contributed by atoms with van der Waals surface area (Å²) >= 11 is 0. The number of anilines is 1. The van der Waals surface area contributed by atoms with Gasteiger partial charge in [0.25, 0.3) is 17.8 Å². The number of nitro groups is 2. The molecule has 3 aromatic rings. The first-order valence-electron chi connectivity index (χ1n) is 16.8. The van der Waals surface area contributed by atoms with Crippen molar-refractivity contribution >= 4 is 23.5 Å². The van der Waals surface area contributed by atoms with Crippen molar-refractivity contribution in [3.8, 4) is 28.7 Å². The number of ether oxygens (including phenoxy) is 5. The first kappa shape index (κ1) is 65.7. The molecule has 0 aliphatic carbocycles. The van der Waals surface area contributed by atoms with E-state index in [0.717, 1.165) is 43.6 Å². The van der Waals surface area contributed by atoms with Crippen LogP contribution in [-0.4, -0.2) is 139 Å². The molecule has 0 saturated heterocycles. The summed E-state index contributed by atoms with van der Waals surface area (Å²) in [6.07, 6.45) is 0. The number of hydrogen-bond acceptors (Lipinski definition) is 17. The molecule has 0 fully saturated rings. The number of carbonyl (C=O) groups excluding carboxylic acids is 1.